The first-order chi connectivity index (χ1) is 6.49. The topological polar surface area (TPSA) is 40.5 Å². The molecule has 0 aromatic carbocycles. The van der Waals surface area contributed by atoms with Gasteiger partial charge in [-0.1, -0.05) is 39.5 Å². The van der Waals surface area contributed by atoms with E-state index in [-0.39, 0.29) is 0 Å². The minimum atomic E-state index is -2.54. The smallest absolute Gasteiger partial charge is 0.221 e. The van der Waals surface area contributed by atoms with E-state index >= 15 is 0 Å². The summed E-state index contributed by atoms with van der Waals surface area (Å²) in [5.41, 5.74) is 0. The fourth-order valence-corrected chi connectivity index (χ4v) is 3.19. The van der Waals surface area contributed by atoms with Crippen LogP contribution in [0.2, 0.25) is 0 Å². The van der Waals surface area contributed by atoms with Crippen molar-refractivity contribution in [2.75, 3.05) is 12.8 Å². The predicted octanol–water partition coefficient (Wildman–Crippen LogP) is 3.45. The predicted molar refractivity (Wildman–Crippen MR) is 64.7 cm³/mol. The lowest BCUT2D eigenvalue weighted by Crippen LogP contribution is -2.08. The van der Waals surface area contributed by atoms with Crippen LogP contribution in [0, 0.1) is 5.92 Å². The Bertz CT molecular complexity index is 132. The molecule has 0 bridgehead atoms. The first-order valence-corrected chi connectivity index (χ1v) is 8.13. The minimum absolute atomic E-state index is 0.514. The number of hydrogen-bond donors (Lipinski definition) is 2. The van der Waals surface area contributed by atoms with Crippen LogP contribution < -0.4 is 0 Å². The molecular weight excluding hydrogens is 195 g/mol. The third kappa shape index (κ3) is 8.93. The molecule has 0 amide bonds. The molecule has 0 rings (SSSR count). The molecule has 0 aliphatic rings. The second-order valence-corrected chi connectivity index (χ2v) is 6.94. The van der Waals surface area contributed by atoms with Gasteiger partial charge in [0, 0.05) is 0 Å². The molecule has 86 valence electrons. The van der Waals surface area contributed by atoms with Gasteiger partial charge in [-0.3, -0.25) is 0 Å². The third-order valence-corrected chi connectivity index (χ3v) is 3.86. The van der Waals surface area contributed by atoms with Gasteiger partial charge < -0.3 is 0 Å². The van der Waals surface area contributed by atoms with Gasteiger partial charge in [-0.2, -0.15) is 0 Å². The molecule has 0 saturated carbocycles. The monoisotopic (exact) mass is 221 g/mol. The zero-order valence-corrected chi connectivity index (χ0v) is 10.8. The van der Waals surface area contributed by atoms with Crippen molar-refractivity contribution in [1.82, 2.24) is 0 Å². The maximum Gasteiger partial charge on any atom is 0.265 e. The molecule has 0 aliphatic carbocycles. The van der Waals surface area contributed by atoms with Gasteiger partial charge in [0.1, 0.15) is 12.8 Å². The van der Waals surface area contributed by atoms with Crippen LogP contribution in [-0.4, -0.2) is 22.6 Å². The average molecular weight is 221 g/mol. The molecule has 0 saturated heterocycles. The Kier molecular flexibility index (Phi) is 7.81. The summed E-state index contributed by atoms with van der Waals surface area (Å²) in [4.78, 5) is 18.8. The second-order valence-electron chi connectivity index (χ2n) is 4.39. The summed E-state index contributed by atoms with van der Waals surface area (Å²) >= 11 is 0. The molecule has 0 aromatic heterocycles. The summed E-state index contributed by atoms with van der Waals surface area (Å²) in [7, 11) is -2.54. The molecule has 1 atom stereocenters. The molecule has 0 radical (unpaired) electrons. The maximum atomic E-state index is 9.39. The Morgan fingerprint density at radius 1 is 1.07 bits per heavy atom. The maximum absolute atomic E-state index is 9.39. The van der Waals surface area contributed by atoms with E-state index in [1.54, 1.807) is 6.66 Å². The van der Waals surface area contributed by atoms with E-state index in [0.29, 0.717) is 12.1 Å². The van der Waals surface area contributed by atoms with Crippen LogP contribution >= 0.6 is 7.72 Å². The number of unbranched alkanes of at least 4 members (excludes halogenated alkanes) is 3. The summed E-state index contributed by atoms with van der Waals surface area (Å²) in [5, 5.41) is 0. The van der Waals surface area contributed by atoms with E-state index in [1.165, 1.54) is 25.7 Å². The van der Waals surface area contributed by atoms with E-state index in [4.69, 9.17) is 0 Å². The lowest BCUT2D eigenvalue weighted by molar-refractivity contribution is 0.416. The van der Waals surface area contributed by atoms with Crippen LogP contribution in [0.1, 0.15) is 52.4 Å². The van der Waals surface area contributed by atoms with Crippen LogP contribution in [0.25, 0.3) is 0 Å². The highest BCUT2D eigenvalue weighted by atomic mass is 31.2. The molecule has 1 unspecified atom stereocenters. The fraction of sp³-hybridized carbons (Fsp3) is 1.00. The van der Waals surface area contributed by atoms with E-state index in [1.807, 2.05) is 0 Å². The van der Waals surface area contributed by atoms with Gasteiger partial charge in [0.2, 0.25) is 0 Å². The SMILES string of the molecule is CCCCCCC(CC)C[P+](C)(O)O. The van der Waals surface area contributed by atoms with Crippen LogP contribution in [-0.2, 0) is 0 Å². The average Bonchev–Trinajstić information content (AvgIpc) is 2.08. The number of hydrogen-bond acceptors (Lipinski definition) is 2. The first-order valence-electron chi connectivity index (χ1n) is 5.80. The zero-order chi connectivity index (χ0) is 11.0. The Labute approximate surface area is 89.2 Å². The summed E-state index contributed by atoms with van der Waals surface area (Å²) < 4.78 is 0. The second kappa shape index (κ2) is 7.62. The van der Waals surface area contributed by atoms with E-state index in [0.717, 1.165) is 12.8 Å². The van der Waals surface area contributed by atoms with E-state index < -0.39 is 7.72 Å². The molecule has 2 nitrogen and oxygen atoms in total. The van der Waals surface area contributed by atoms with Crippen molar-refractivity contribution in [2.24, 2.45) is 5.92 Å². The van der Waals surface area contributed by atoms with E-state index in [9.17, 15) is 9.79 Å². The van der Waals surface area contributed by atoms with Crippen LogP contribution in [0.3, 0.4) is 0 Å². The van der Waals surface area contributed by atoms with Crippen molar-refractivity contribution in [3.05, 3.63) is 0 Å². The highest BCUT2D eigenvalue weighted by Gasteiger charge is 2.28. The van der Waals surface area contributed by atoms with Crippen LogP contribution in [0.4, 0.5) is 0 Å². The summed E-state index contributed by atoms with van der Waals surface area (Å²) in [5.74, 6) is 0.514. The third-order valence-electron chi connectivity index (χ3n) is 2.65. The van der Waals surface area contributed by atoms with Crippen molar-refractivity contribution in [3.8, 4) is 0 Å². The van der Waals surface area contributed by atoms with Crippen LogP contribution in [0.5, 0.6) is 0 Å². The Morgan fingerprint density at radius 2 is 1.71 bits per heavy atom. The Morgan fingerprint density at radius 3 is 2.14 bits per heavy atom. The standard InChI is InChI=1S/C11H26O2P/c1-4-6-7-8-9-11(5-2)10-14(3,12)13/h11-13H,4-10H2,1-3H3/q+1. The van der Waals surface area contributed by atoms with Gasteiger partial charge in [0.25, 0.3) is 7.72 Å². The summed E-state index contributed by atoms with van der Waals surface area (Å²) in [6.07, 6.45) is 7.96. The van der Waals surface area contributed by atoms with Gasteiger partial charge in [0.15, 0.2) is 0 Å². The normalized spacial score (nSPS) is 14.4. The van der Waals surface area contributed by atoms with Crippen molar-refractivity contribution in [1.29, 1.82) is 0 Å². The molecule has 0 fully saturated rings. The molecule has 2 N–H and O–H groups in total. The molecule has 14 heavy (non-hydrogen) atoms. The quantitative estimate of drug-likeness (QED) is 0.487. The molecule has 0 spiro atoms. The first kappa shape index (κ1) is 14.3. The van der Waals surface area contributed by atoms with Crippen molar-refractivity contribution < 1.29 is 9.79 Å². The zero-order valence-electron chi connectivity index (χ0n) is 9.87. The minimum Gasteiger partial charge on any atom is -0.221 e. The van der Waals surface area contributed by atoms with Crippen molar-refractivity contribution in [2.45, 2.75) is 52.4 Å². The van der Waals surface area contributed by atoms with Crippen molar-refractivity contribution in [3.63, 3.8) is 0 Å². The van der Waals surface area contributed by atoms with Gasteiger partial charge in [-0.05, 0) is 18.8 Å². The summed E-state index contributed by atoms with van der Waals surface area (Å²) in [6.45, 7) is 5.93. The lowest BCUT2D eigenvalue weighted by Gasteiger charge is -2.16. The number of rotatable bonds is 8. The van der Waals surface area contributed by atoms with Crippen molar-refractivity contribution >= 4 is 7.72 Å². The Balaban J connectivity index is 3.58. The lowest BCUT2D eigenvalue weighted by atomic mass is 10.0. The highest BCUT2D eigenvalue weighted by molar-refractivity contribution is 7.63. The molecule has 3 heteroatoms. The van der Waals surface area contributed by atoms with Crippen LogP contribution in [0.15, 0.2) is 0 Å². The Hall–Kier alpha value is 0.350. The van der Waals surface area contributed by atoms with E-state index in [2.05, 4.69) is 13.8 Å². The fourth-order valence-electron chi connectivity index (χ4n) is 1.77. The van der Waals surface area contributed by atoms with Gasteiger partial charge in [0.05, 0.1) is 0 Å². The molecular formula is C11H26O2P+. The molecule has 0 aromatic rings. The van der Waals surface area contributed by atoms with Gasteiger partial charge in [-0.25, -0.2) is 9.79 Å². The highest BCUT2D eigenvalue weighted by Crippen LogP contribution is 2.48. The van der Waals surface area contributed by atoms with Gasteiger partial charge >= 0.3 is 0 Å². The van der Waals surface area contributed by atoms with Gasteiger partial charge in [-0.15, -0.1) is 0 Å². The molecule has 0 aliphatic heterocycles. The molecule has 0 heterocycles. The largest absolute Gasteiger partial charge is 0.265 e. The summed E-state index contributed by atoms with van der Waals surface area (Å²) in [6, 6.07) is 0.